The first-order chi connectivity index (χ1) is 17.3. The fraction of sp³-hybridized carbons (Fsp3) is 0.321. The molecule has 1 heterocycles. The Kier molecular flexibility index (Phi) is 8.70. The zero-order valence-electron chi connectivity index (χ0n) is 21.1. The van der Waals surface area contributed by atoms with Crippen molar-refractivity contribution >= 4 is 11.9 Å². The number of H-pyrrole nitrogens is 1. The van der Waals surface area contributed by atoms with Crippen LogP contribution in [0.5, 0.6) is 5.75 Å². The number of aliphatic carboxylic acids is 1. The van der Waals surface area contributed by atoms with Gasteiger partial charge in [-0.2, -0.15) is 0 Å². The lowest BCUT2D eigenvalue weighted by molar-refractivity contribution is -0.137. The summed E-state index contributed by atoms with van der Waals surface area (Å²) in [6, 6.07) is 18.8. The van der Waals surface area contributed by atoms with Crippen LogP contribution in [0.1, 0.15) is 56.8 Å². The number of rotatable bonds is 12. The summed E-state index contributed by atoms with van der Waals surface area (Å²) in [5, 5.41) is 8.75. The lowest BCUT2D eigenvalue weighted by Crippen LogP contribution is -2.36. The first-order valence-corrected chi connectivity index (χ1v) is 11.8. The van der Waals surface area contributed by atoms with Crippen LogP contribution in [-0.2, 0) is 11.3 Å². The van der Waals surface area contributed by atoms with E-state index in [1.807, 2.05) is 26.0 Å². The molecule has 1 amide bonds. The Labute approximate surface area is 206 Å². The van der Waals surface area contributed by atoms with Gasteiger partial charge in [-0.25, -0.2) is 0 Å². The fourth-order valence-corrected chi connectivity index (χ4v) is 3.61. The number of amides is 1. The molecule has 2 aromatic carbocycles. The number of nitrogens with one attached hydrogen (secondary N) is 1. The lowest BCUT2D eigenvalue weighted by atomic mass is 10.1. The van der Waals surface area contributed by atoms with Gasteiger partial charge < -0.3 is 19.7 Å². The average Bonchev–Trinajstić information content (AvgIpc) is 2.86. The first kappa shape index (κ1) is 24.3. The minimum atomic E-state index is -0.981. The molecule has 2 N–H and O–H groups in total. The molecule has 0 bridgehead atoms. The highest BCUT2D eigenvalue weighted by Gasteiger charge is 2.21. The first-order valence-electron chi connectivity index (χ1n) is 12.3. The zero-order valence-corrected chi connectivity index (χ0v) is 20.1. The molecule has 0 aliphatic heterocycles. The highest BCUT2D eigenvalue weighted by Crippen LogP contribution is 2.23. The molecule has 184 valence electrons. The monoisotopic (exact) mass is 477 g/mol. The summed E-state index contributed by atoms with van der Waals surface area (Å²) in [5.74, 6) is -0.541. The van der Waals surface area contributed by atoms with E-state index in [9.17, 15) is 14.4 Å². The summed E-state index contributed by atoms with van der Waals surface area (Å²) in [5.41, 5.74) is 2.28. The molecule has 0 aliphatic rings. The van der Waals surface area contributed by atoms with Crippen LogP contribution in [0.4, 0.5) is 0 Å². The highest BCUT2D eigenvalue weighted by molar-refractivity contribution is 5.94. The van der Waals surface area contributed by atoms with Crippen LogP contribution in [0.15, 0.2) is 71.5 Å². The molecule has 35 heavy (non-hydrogen) atoms. The number of aromatic amines is 1. The number of nitrogens with zero attached hydrogens (tertiary/aromatic N) is 1. The van der Waals surface area contributed by atoms with E-state index in [4.69, 9.17) is 11.2 Å². The number of carbonyl (C=O) groups excluding carboxylic acids is 1. The van der Waals surface area contributed by atoms with Gasteiger partial charge in [-0.15, -0.1) is 0 Å². The minimum Gasteiger partial charge on any atom is -0.493 e. The van der Waals surface area contributed by atoms with Crippen LogP contribution in [0.25, 0.3) is 11.3 Å². The second kappa shape index (κ2) is 12.6. The van der Waals surface area contributed by atoms with Crippen molar-refractivity contribution in [2.24, 2.45) is 0 Å². The van der Waals surface area contributed by atoms with Crippen LogP contribution in [-0.4, -0.2) is 39.5 Å². The maximum Gasteiger partial charge on any atom is 0.303 e. The van der Waals surface area contributed by atoms with E-state index < -0.39 is 12.5 Å². The maximum absolute atomic E-state index is 13.5. The van der Waals surface area contributed by atoms with Crippen LogP contribution in [0, 0.1) is 0 Å². The van der Waals surface area contributed by atoms with Crippen LogP contribution in [0.3, 0.4) is 0 Å². The largest absolute Gasteiger partial charge is 0.493 e. The molecule has 0 saturated carbocycles. The number of ether oxygens (including phenoxy) is 1. The predicted octanol–water partition coefficient (Wildman–Crippen LogP) is 5.12. The van der Waals surface area contributed by atoms with Crippen molar-refractivity contribution in [2.75, 3.05) is 6.61 Å². The Morgan fingerprint density at radius 3 is 2.43 bits per heavy atom. The molecular weight excluding hydrogens is 444 g/mol. The molecule has 3 aromatic rings. The Morgan fingerprint density at radius 2 is 1.74 bits per heavy atom. The Hall–Kier alpha value is -3.87. The van der Waals surface area contributed by atoms with Gasteiger partial charge in [0.15, 0.2) is 0 Å². The minimum absolute atomic E-state index is 0.140. The van der Waals surface area contributed by atoms with Crippen molar-refractivity contribution < 1.29 is 20.8 Å². The number of aromatic nitrogens is 1. The fourth-order valence-electron chi connectivity index (χ4n) is 3.61. The smallest absolute Gasteiger partial charge is 0.303 e. The van der Waals surface area contributed by atoms with Crippen molar-refractivity contribution in [3.05, 3.63) is 88.2 Å². The third-order valence-electron chi connectivity index (χ3n) is 5.49. The molecule has 1 atom stereocenters. The molecule has 0 spiro atoms. The molecule has 0 radical (unpaired) electrons. The zero-order chi connectivity index (χ0) is 26.1. The summed E-state index contributed by atoms with van der Waals surface area (Å²) >= 11 is 0. The van der Waals surface area contributed by atoms with E-state index in [-0.39, 0.29) is 23.9 Å². The molecule has 3 rings (SSSR count). The van der Waals surface area contributed by atoms with E-state index in [0.29, 0.717) is 42.0 Å². The second-order valence-electron chi connectivity index (χ2n) is 8.53. The lowest BCUT2D eigenvalue weighted by Gasteiger charge is -2.28. The standard InChI is InChI=1S/C28H32N2O5/c1-20(2)30(19-23-9-5-6-11-25(23)35-18-7-3-4-13-27(32)33)28(34)22-16-14-21(15-17-22)24-10-8-12-26(31)29-24/h5-6,8-12,14-17,20H,3-4,7,13,18-19H2,1-2H3,(H,29,31)(H,32,33)/i19D. The number of hydrogen-bond acceptors (Lipinski definition) is 4. The number of carboxylic acids is 1. The molecule has 1 unspecified atom stereocenters. The van der Waals surface area contributed by atoms with Gasteiger partial charge in [0.25, 0.3) is 5.91 Å². The third-order valence-corrected chi connectivity index (χ3v) is 5.49. The Balaban J connectivity index is 1.74. The van der Waals surface area contributed by atoms with Gasteiger partial charge in [0.2, 0.25) is 5.56 Å². The topological polar surface area (TPSA) is 99.7 Å². The van der Waals surface area contributed by atoms with Crippen LogP contribution in [0.2, 0.25) is 0 Å². The number of unbranched alkanes of at least 4 members (excludes halogenated alkanes) is 2. The Bertz CT molecular complexity index is 1220. The molecular formula is C28H32N2O5. The summed E-state index contributed by atoms with van der Waals surface area (Å²) in [4.78, 5) is 40.0. The van der Waals surface area contributed by atoms with Crippen LogP contribution < -0.4 is 10.3 Å². The van der Waals surface area contributed by atoms with E-state index >= 15 is 0 Å². The second-order valence-corrected chi connectivity index (χ2v) is 8.53. The van der Waals surface area contributed by atoms with Crippen molar-refractivity contribution in [3.8, 4) is 17.0 Å². The van der Waals surface area contributed by atoms with Crippen molar-refractivity contribution in [2.45, 2.75) is 52.1 Å². The van der Waals surface area contributed by atoms with Crippen LogP contribution >= 0.6 is 0 Å². The van der Waals surface area contributed by atoms with Gasteiger partial charge in [-0.3, -0.25) is 14.4 Å². The van der Waals surface area contributed by atoms with Gasteiger partial charge >= 0.3 is 5.97 Å². The number of benzene rings is 2. The summed E-state index contributed by atoms with van der Waals surface area (Å²) < 4.78 is 14.9. The summed E-state index contributed by atoms with van der Waals surface area (Å²) in [7, 11) is 0. The summed E-state index contributed by atoms with van der Waals surface area (Å²) in [6.07, 6.45) is 2.18. The average molecular weight is 478 g/mol. The summed E-state index contributed by atoms with van der Waals surface area (Å²) in [6.45, 7) is 3.16. The van der Waals surface area contributed by atoms with E-state index in [0.717, 1.165) is 12.0 Å². The normalized spacial score (nSPS) is 12.1. The van der Waals surface area contributed by atoms with E-state index in [2.05, 4.69) is 4.98 Å². The molecule has 7 heteroatoms. The van der Waals surface area contributed by atoms with E-state index in [1.165, 1.54) is 11.0 Å². The molecule has 0 saturated heterocycles. The number of hydrogen-bond donors (Lipinski definition) is 2. The molecule has 0 fully saturated rings. The highest BCUT2D eigenvalue weighted by atomic mass is 16.5. The van der Waals surface area contributed by atoms with E-state index in [1.54, 1.807) is 48.5 Å². The molecule has 1 aromatic heterocycles. The van der Waals surface area contributed by atoms with Gasteiger partial charge in [-0.1, -0.05) is 36.4 Å². The Morgan fingerprint density at radius 1 is 1.00 bits per heavy atom. The quantitative estimate of drug-likeness (QED) is 0.353. The number of carbonyl (C=O) groups is 2. The molecule has 0 aliphatic carbocycles. The third kappa shape index (κ3) is 7.57. The van der Waals surface area contributed by atoms with Gasteiger partial charge in [0.05, 0.1) is 7.98 Å². The molecule has 7 nitrogen and oxygen atoms in total. The van der Waals surface area contributed by atoms with Gasteiger partial charge in [0, 0.05) is 41.9 Å². The maximum atomic E-state index is 13.5. The SMILES string of the molecule is [2H]C(c1ccccc1OCCCCCC(=O)O)N(C(=O)c1ccc(-c2cccc(=O)[nH]2)cc1)C(C)C. The number of para-hydroxylation sites is 1. The van der Waals surface area contributed by atoms with Crippen molar-refractivity contribution in [1.82, 2.24) is 9.88 Å². The number of carboxylic acid groups (broad SMARTS) is 1. The van der Waals surface area contributed by atoms with Gasteiger partial charge in [0.1, 0.15) is 5.75 Å². The van der Waals surface area contributed by atoms with Gasteiger partial charge in [-0.05, 0) is 62.9 Å². The van der Waals surface area contributed by atoms with Crippen molar-refractivity contribution in [3.63, 3.8) is 0 Å². The predicted molar refractivity (Wildman–Crippen MR) is 136 cm³/mol. The van der Waals surface area contributed by atoms with Crippen molar-refractivity contribution in [1.29, 1.82) is 0 Å². The number of pyridine rings is 1.